The normalized spacial score (nSPS) is 10.2. The van der Waals surface area contributed by atoms with Gasteiger partial charge in [-0.3, -0.25) is 4.79 Å². The van der Waals surface area contributed by atoms with Gasteiger partial charge in [-0.2, -0.15) is 0 Å². The quantitative estimate of drug-likeness (QED) is 0.688. The van der Waals surface area contributed by atoms with Gasteiger partial charge in [0.25, 0.3) is 0 Å². The summed E-state index contributed by atoms with van der Waals surface area (Å²) in [5.74, 6) is 1.55. The van der Waals surface area contributed by atoms with Crippen molar-refractivity contribution in [1.82, 2.24) is 4.98 Å². The Kier molecular flexibility index (Phi) is 1.98. The van der Waals surface area contributed by atoms with Gasteiger partial charge in [0.1, 0.15) is 11.5 Å². The van der Waals surface area contributed by atoms with Gasteiger partial charge in [-0.1, -0.05) is 0 Å². The van der Waals surface area contributed by atoms with Crippen molar-refractivity contribution in [3.63, 3.8) is 0 Å². The van der Waals surface area contributed by atoms with E-state index in [2.05, 4.69) is 4.98 Å². The van der Waals surface area contributed by atoms with E-state index in [0.29, 0.717) is 10.8 Å². The van der Waals surface area contributed by atoms with Crippen molar-refractivity contribution in [3.05, 3.63) is 28.3 Å². The van der Waals surface area contributed by atoms with Crippen LogP contribution in [0.4, 0.5) is 0 Å². The van der Waals surface area contributed by atoms with Crippen LogP contribution in [0.1, 0.15) is 15.6 Å². The van der Waals surface area contributed by atoms with E-state index in [1.165, 1.54) is 11.3 Å². The summed E-state index contributed by atoms with van der Waals surface area (Å²) in [6.45, 7) is 1.87. The number of furan rings is 1. The van der Waals surface area contributed by atoms with Gasteiger partial charge >= 0.3 is 0 Å². The largest absolute Gasteiger partial charge is 0.460 e. The van der Waals surface area contributed by atoms with E-state index >= 15 is 0 Å². The number of aryl methyl sites for hydroxylation is 1. The van der Waals surface area contributed by atoms with Crippen LogP contribution in [0.3, 0.4) is 0 Å². The zero-order chi connectivity index (χ0) is 9.26. The number of carbonyl (C=O) groups is 1. The maximum absolute atomic E-state index is 10.4. The zero-order valence-corrected chi connectivity index (χ0v) is 7.80. The van der Waals surface area contributed by atoms with Gasteiger partial charge in [0.15, 0.2) is 17.1 Å². The minimum absolute atomic E-state index is 0.476. The molecule has 0 bridgehead atoms. The number of nitrogens with zero attached hydrogens (tertiary/aromatic N) is 1. The molecule has 2 rings (SSSR count). The molecule has 2 aromatic heterocycles. The molecule has 0 aromatic carbocycles. The van der Waals surface area contributed by atoms with Crippen molar-refractivity contribution < 1.29 is 9.21 Å². The number of aldehydes is 1. The number of hydrogen-bond acceptors (Lipinski definition) is 4. The Morgan fingerprint density at radius 1 is 1.54 bits per heavy atom. The Bertz CT molecular complexity index is 430. The molecule has 0 unspecified atom stereocenters. The second kappa shape index (κ2) is 3.14. The van der Waals surface area contributed by atoms with Crippen molar-refractivity contribution in [2.75, 3.05) is 0 Å². The van der Waals surface area contributed by atoms with Crippen molar-refractivity contribution in [2.24, 2.45) is 0 Å². The number of rotatable bonds is 2. The van der Waals surface area contributed by atoms with Crippen LogP contribution >= 0.6 is 11.3 Å². The molecule has 0 aliphatic heterocycles. The second-order valence-corrected chi connectivity index (χ2v) is 3.49. The molecule has 0 aliphatic rings. The van der Waals surface area contributed by atoms with Crippen LogP contribution in [0, 0.1) is 6.92 Å². The predicted molar refractivity (Wildman–Crippen MR) is 49.9 cm³/mol. The molecule has 2 heterocycles. The van der Waals surface area contributed by atoms with Crippen LogP contribution in [0.25, 0.3) is 11.5 Å². The highest BCUT2D eigenvalue weighted by molar-refractivity contribution is 7.11. The van der Waals surface area contributed by atoms with Crippen LogP contribution in [0.15, 0.2) is 21.9 Å². The summed E-state index contributed by atoms with van der Waals surface area (Å²) < 4.78 is 5.36. The molecule has 0 aliphatic carbocycles. The van der Waals surface area contributed by atoms with Crippen molar-refractivity contribution >= 4 is 17.6 Å². The number of aromatic nitrogens is 1. The van der Waals surface area contributed by atoms with Crippen molar-refractivity contribution in [3.8, 4) is 11.5 Å². The van der Waals surface area contributed by atoms with Crippen molar-refractivity contribution in [2.45, 2.75) is 6.92 Å². The summed E-state index contributed by atoms with van der Waals surface area (Å²) in [4.78, 5) is 14.4. The van der Waals surface area contributed by atoms with Gasteiger partial charge < -0.3 is 4.42 Å². The molecule has 0 spiro atoms. The highest BCUT2D eigenvalue weighted by Gasteiger charge is 2.06. The minimum Gasteiger partial charge on any atom is -0.460 e. The average molecular weight is 193 g/mol. The molecule has 0 saturated heterocycles. The molecule has 0 radical (unpaired) electrons. The summed E-state index contributed by atoms with van der Waals surface area (Å²) >= 11 is 1.31. The summed E-state index contributed by atoms with van der Waals surface area (Å²) in [5.41, 5.74) is 0.722. The molecule has 2 aromatic rings. The van der Waals surface area contributed by atoms with E-state index < -0.39 is 0 Å². The summed E-state index contributed by atoms with van der Waals surface area (Å²) in [6, 6.07) is 3.72. The van der Waals surface area contributed by atoms with Gasteiger partial charge in [-0.05, 0) is 19.1 Å². The number of carbonyl (C=O) groups excluding carboxylic acids is 1. The SMILES string of the molecule is Cc1ccc(-c2csc(C=O)n2)o1. The number of hydrogen-bond donors (Lipinski definition) is 0. The fourth-order valence-electron chi connectivity index (χ4n) is 1.03. The first-order chi connectivity index (χ1) is 6.29. The van der Waals surface area contributed by atoms with Crippen LogP contribution < -0.4 is 0 Å². The lowest BCUT2D eigenvalue weighted by atomic mass is 10.4. The zero-order valence-electron chi connectivity index (χ0n) is 6.98. The fourth-order valence-corrected chi connectivity index (χ4v) is 1.63. The lowest BCUT2D eigenvalue weighted by Gasteiger charge is -1.86. The predicted octanol–water partition coefficient (Wildman–Crippen LogP) is 2.52. The van der Waals surface area contributed by atoms with Crippen LogP contribution in [-0.2, 0) is 0 Å². The molecule has 0 atom stereocenters. The Balaban J connectivity index is 2.40. The molecule has 0 N–H and O–H groups in total. The molecule has 0 saturated carbocycles. The minimum atomic E-state index is 0.476. The standard InChI is InChI=1S/C9H7NO2S/c1-6-2-3-8(12-6)7-5-13-9(4-11)10-7/h2-5H,1H3. The molecule has 66 valence electrons. The van der Waals surface area contributed by atoms with Crippen molar-refractivity contribution in [1.29, 1.82) is 0 Å². The van der Waals surface area contributed by atoms with E-state index in [4.69, 9.17) is 4.42 Å². The first-order valence-electron chi connectivity index (χ1n) is 3.77. The summed E-state index contributed by atoms with van der Waals surface area (Å²) in [7, 11) is 0. The Morgan fingerprint density at radius 2 is 2.38 bits per heavy atom. The van der Waals surface area contributed by atoms with E-state index in [1.807, 2.05) is 24.4 Å². The third-order valence-corrected chi connectivity index (χ3v) is 2.39. The third kappa shape index (κ3) is 1.53. The molecule has 0 fully saturated rings. The highest BCUT2D eigenvalue weighted by Crippen LogP contribution is 2.22. The van der Waals surface area contributed by atoms with Gasteiger partial charge in [0, 0.05) is 5.38 Å². The fraction of sp³-hybridized carbons (Fsp3) is 0.111. The van der Waals surface area contributed by atoms with Gasteiger partial charge in [-0.15, -0.1) is 11.3 Å². The van der Waals surface area contributed by atoms with Gasteiger partial charge in [0.05, 0.1) is 0 Å². The number of thiazole rings is 1. The molecule has 4 heteroatoms. The lowest BCUT2D eigenvalue weighted by molar-refractivity contribution is 0.112. The van der Waals surface area contributed by atoms with E-state index in [-0.39, 0.29) is 0 Å². The average Bonchev–Trinajstić information content (AvgIpc) is 2.71. The molecule has 13 heavy (non-hydrogen) atoms. The second-order valence-electron chi connectivity index (χ2n) is 2.60. The Labute approximate surface area is 79.0 Å². The molecular formula is C9H7NO2S. The topological polar surface area (TPSA) is 43.1 Å². The van der Waals surface area contributed by atoms with Crippen LogP contribution in [0.5, 0.6) is 0 Å². The van der Waals surface area contributed by atoms with E-state index in [1.54, 1.807) is 0 Å². The highest BCUT2D eigenvalue weighted by atomic mass is 32.1. The van der Waals surface area contributed by atoms with Crippen LogP contribution in [0.2, 0.25) is 0 Å². The Hall–Kier alpha value is -1.42. The smallest absolute Gasteiger partial charge is 0.178 e. The summed E-state index contributed by atoms with van der Waals surface area (Å²) in [6.07, 6.45) is 0.740. The van der Waals surface area contributed by atoms with Crippen LogP contribution in [-0.4, -0.2) is 11.3 Å². The third-order valence-electron chi connectivity index (χ3n) is 1.62. The monoisotopic (exact) mass is 193 g/mol. The molecule has 3 nitrogen and oxygen atoms in total. The molecule has 0 amide bonds. The maximum Gasteiger partial charge on any atom is 0.178 e. The van der Waals surface area contributed by atoms with E-state index in [0.717, 1.165) is 17.7 Å². The Morgan fingerprint density at radius 3 is 2.92 bits per heavy atom. The summed E-state index contributed by atoms with van der Waals surface area (Å²) in [5, 5.41) is 2.28. The van der Waals surface area contributed by atoms with E-state index in [9.17, 15) is 4.79 Å². The first-order valence-corrected chi connectivity index (χ1v) is 4.65. The van der Waals surface area contributed by atoms with Gasteiger partial charge in [-0.25, -0.2) is 4.98 Å². The first kappa shape index (κ1) is 8.19. The van der Waals surface area contributed by atoms with Gasteiger partial charge in [0.2, 0.25) is 0 Å². The lowest BCUT2D eigenvalue weighted by Crippen LogP contribution is -1.77. The molecular weight excluding hydrogens is 186 g/mol. The maximum atomic E-state index is 10.4.